The minimum absolute atomic E-state index is 0.132. The van der Waals surface area contributed by atoms with Crippen molar-refractivity contribution in [3.63, 3.8) is 0 Å². The van der Waals surface area contributed by atoms with Crippen molar-refractivity contribution in [3.8, 4) is 0 Å². The minimum Gasteiger partial charge on any atom is -0.294 e. The van der Waals surface area contributed by atoms with E-state index in [1.54, 1.807) is 18.2 Å². The molecule has 0 aliphatic rings. The van der Waals surface area contributed by atoms with Crippen molar-refractivity contribution >= 4 is 5.78 Å². The SMILES string of the molecule is C=CC=CC(=O)C(C)(C)C. The molecule has 0 N–H and O–H groups in total. The zero-order valence-corrected chi connectivity index (χ0v) is 6.85. The minimum atomic E-state index is -0.264. The molecule has 0 saturated heterocycles. The first kappa shape index (κ1) is 9.15. The van der Waals surface area contributed by atoms with Crippen LogP contribution >= 0.6 is 0 Å². The highest BCUT2D eigenvalue weighted by Crippen LogP contribution is 2.14. The molecule has 0 saturated carbocycles. The lowest BCUT2D eigenvalue weighted by molar-refractivity contribution is -0.121. The Morgan fingerprint density at radius 1 is 1.40 bits per heavy atom. The second-order valence-corrected chi connectivity index (χ2v) is 3.21. The Kier molecular flexibility index (Phi) is 3.07. The Bertz CT molecular complexity index is 158. The fourth-order valence-electron chi connectivity index (χ4n) is 0.405. The smallest absolute Gasteiger partial charge is 0.160 e. The first-order valence-corrected chi connectivity index (χ1v) is 3.32. The number of ketones is 1. The van der Waals surface area contributed by atoms with Crippen molar-refractivity contribution < 1.29 is 4.79 Å². The Morgan fingerprint density at radius 2 is 1.90 bits per heavy atom. The molecule has 0 fully saturated rings. The summed E-state index contributed by atoms with van der Waals surface area (Å²) >= 11 is 0. The lowest BCUT2D eigenvalue weighted by Crippen LogP contribution is -2.17. The zero-order valence-electron chi connectivity index (χ0n) is 6.85. The number of allylic oxidation sites excluding steroid dienone is 3. The van der Waals surface area contributed by atoms with E-state index in [1.165, 1.54) is 0 Å². The van der Waals surface area contributed by atoms with E-state index in [2.05, 4.69) is 6.58 Å². The van der Waals surface area contributed by atoms with E-state index in [4.69, 9.17) is 0 Å². The van der Waals surface area contributed by atoms with E-state index >= 15 is 0 Å². The number of hydrogen-bond acceptors (Lipinski definition) is 1. The molecule has 0 aliphatic heterocycles. The van der Waals surface area contributed by atoms with Gasteiger partial charge in [-0.2, -0.15) is 0 Å². The quantitative estimate of drug-likeness (QED) is 0.423. The Hall–Kier alpha value is -0.850. The highest BCUT2D eigenvalue weighted by atomic mass is 16.1. The van der Waals surface area contributed by atoms with Gasteiger partial charge in [0.2, 0.25) is 0 Å². The molecule has 0 amide bonds. The van der Waals surface area contributed by atoms with Crippen molar-refractivity contribution in [1.29, 1.82) is 0 Å². The van der Waals surface area contributed by atoms with E-state index in [0.717, 1.165) is 0 Å². The van der Waals surface area contributed by atoms with Gasteiger partial charge in [-0.25, -0.2) is 0 Å². The molecular formula is C9H14O. The predicted molar refractivity (Wildman–Crippen MR) is 43.8 cm³/mol. The molecule has 0 aromatic rings. The van der Waals surface area contributed by atoms with E-state index in [9.17, 15) is 4.79 Å². The molecule has 0 aliphatic carbocycles. The van der Waals surface area contributed by atoms with Gasteiger partial charge in [0.25, 0.3) is 0 Å². The topological polar surface area (TPSA) is 17.1 Å². The van der Waals surface area contributed by atoms with Crippen LogP contribution in [0.4, 0.5) is 0 Å². The van der Waals surface area contributed by atoms with Crippen LogP contribution in [0.3, 0.4) is 0 Å². The van der Waals surface area contributed by atoms with Crippen LogP contribution in [0.1, 0.15) is 20.8 Å². The van der Waals surface area contributed by atoms with Crippen LogP contribution in [0.2, 0.25) is 0 Å². The molecule has 0 radical (unpaired) electrons. The molecule has 0 rings (SSSR count). The Morgan fingerprint density at radius 3 is 2.20 bits per heavy atom. The van der Waals surface area contributed by atoms with Crippen LogP contribution in [-0.4, -0.2) is 5.78 Å². The van der Waals surface area contributed by atoms with Crippen LogP contribution in [0.25, 0.3) is 0 Å². The molecule has 0 spiro atoms. The normalized spacial score (nSPS) is 11.9. The van der Waals surface area contributed by atoms with Gasteiger partial charge in [0.1, 0.15) is 0 Å². The third-order valence-electron chi connectivity index (χ3n) is 1.12. The van der Waals surface area contributed by atoms with Gasteiger partial charge < -0.3 is 0 Å². The van der Waals surface area contributed by atoms with Gasteiger partial charge >= 0.3 is 0 Å². The number of carbonyl (C=O) groups excluding carboxylic acids is 1. The van der Waals surface area contributed by atoms with Gasteiger partial charge in [-0.15, -0.1) is 0 Å². The maximum Gasteiger partial charge on any atom is 0.160 e. The zero-order chi connectivity index (χ0) is 8.20. The molecule has 0 aromatic heterocycles. The van der Waals surface area contributed by atoms with Crippen molar-refractivity contribution in [3.05, 3.63) is 24.8 Å². The van der Waals surface area contributed by atoms with Crippen LogP contribution < -0.4 is 0 Å². The molecule has 1 nitrogen and oxygen atoms in total. The van der Waals surface area contributed by atoms with E-state index in [-0.39, 0.29) is 11.2 Å². The highest BCUT2D eigenvalue weighted by Gasteiger charge is 2.17. The number of rotatable bonds is 2. The lowest BCUT2D eigenvalue weighted by Gasteiger charge is -2.12. The maximum absolute atomic E-state index is 11.1. The summed E-state index contributed by atoms with van der Waals surface area (Å²) in [7, 11) is 0. The molecule has 0 atom stereocenters. The molecule has 10 heavy (non-hydrogen) atoms. The average molecular weight is 138 g/mol. The van der Waals surface area contributed by atoms with Gasteiger partial charge in [0, 0.05) is 5.41 Å². The van der Waals surface area contributed by atoms with E-state index < -0.39 is 0 Å². The standard InChI is InChI=1S/C9H14O/c1-5-6-7-8(10)9(2,3)4/h5-7H,1H2,2-4H3. The predicted octanol–water partition coefficient (Wildman–Crippen LogP) is 2.34. The lowest BCUT2D eigenvalue weighted by atomic mass is 9.91. The number of hydrogen-bond donors (Lipinski definition) is 0. The largest absolute Gasteiger partial charge is 0.294 e. The average Bonchev–Trinajstić information content (AvgIpc) is 1.80. The molecule has 0 heterocycles. The van der Waals surface area contributed by atoms with Crippen molar-refractivity contribution in [2.45, 2.75) is 20.8 Å². The van der Waals surface area contributed by atoms with Gasteiger partial charge in [-0.05, 0) is 6.08 Å². The monoisotopic (exact) mass is 138 g/mol. The molecule has 56 valence electrons. The van der Waals surface area contributed by atoms with Crippen LogP contribution in [0.15, 0.2) is 24.8 Å². The molecule has 0 unspecified atom stereocenters. The first-order valence-electron chi connectivity index (χ1n) is 3.32. The van der Waals surface area contributed by atoms with Gasteiger partial charge in [-0.3, -0.25) is 4.79 Å². The van der Waals surface area contributed by atoms with Gasteiger partial charge in [-0.1, -0.05) is 39.5 Å². The summed E-state index contributed by atoms with van der Waals surface area (Å²) in [5.41, 5.74) is -0.264. The third-order valence-corrected chi connectivity index (χ3v) is 1.12. The molecule has 1 heteroatoms. The van der Waals surface area contributed by atoms with Gasteiger partial charge in [0.15, 0.2) is 5.78 Å². The van der Waals surface area contributed by atoms with Crippen molar-refractivity contribution in [2.24, 2.45) is 5.41 Å². The maximum atomic E-state index is 11.1. The summed E-state index contributed by atoms with van der Waals surface area (Å²) < 4.78 is 0. The van der Waals surface area contributed by atoms with Crippen LogP contribution in [-0.2, 0) is 4.79 Å². The number of carbonyl (C=O) groups is 1. The fourth-order valence-corrected chi connectivity index (χ4v) is 0.405. The Balaban J connectivity index is 4.11. The molecule has 0 aromatic carbocycles. The van der Waals surface area contributed by atoms with Gasteiger partial charge in [0.05, 0.1) is 0 Å². The summed E-state index contributed by atoms with van der Waals surface area (Å²) in [6, 6.07) is 0. The van der Waals surface area contributed by atoms with Crippen LogP contribution in [0.5, 0.6) is 0 Å². The summed E-state index contributed by atoms with van der Waals surface area (Å²) in [6.45, 7) is 9.15. The van der Waals surface area contributed by atoms with E-state index in [1.807, 2.05) is 20.8 Å². The fraction of sp³-hybridized carbons (Fsp3) is 0.444. The summed E-state index contributed by atoms with van der Waals surface area (Å²) in [5, 5.41) is 0. The van der Waals surface area contributed by atoms with Crippen molar-refractivity contribution in [2.75, 3.05) is 0 Å². The second-order valence-electron chi connectivity index (χ2n) is 3.21. The summed E-state index contributed by atoms with van der Waals surface area (Å²) in [4.78, 5) is 11.1. The van der Waals surface area contributed by atoms with E-state index in [0.29, 0.717) is 0 Å². The summed E-state index contributed by atoms with van der Waals surface area (Å²) in [6.07, 6.45) is 4.81. The third kappa shape index (κ3) is 3.23. The highest BCUT2D eigenvalue weighted by molar-refractivity contribution is 5.94. The molecular weight excluding hydrogens is 124 g/mol. The van der Waals surface area contributed by atoms with Crippen LogP contribution in [0, 0.1) is 5.41 Å². The van der Waals surface area contributed by atoms with Crippen molar-refractivity contribution in [1.82, 2.24) is 0 Å². The second kappa shape index (κ2) is 3.35. The summed E-state index contributed by atoms with van der Waals surface area (Å²) in [5.74, 6) is 0.132. The first-order chi connectivity index (χ1) is 4.48. The molecule has 0 bridgehead atoms. The Labute approximate surface area is 62.4 Å².